The Bertz CT molecular complexity index is 1250. The van der Waals surface area contributed by atoms with Gasteiger partial charge in [0.2, 0.25) is 0 Å². The third-order valence-electron chi connectivity index (χ3n) is 4.55. The summed E-state index contributed by atoms with van der Waals surface area (Å²) in [5.74, 6) is -1.37. The number of carbonyl (C=O) groups excluding carboxylic acids is 1. The molecule has 2 N–H and O–H groups in total. The normalized spacial score (nSPS) is 11.7. The van der Waals surface area contributed by atoms with E-state index < -0.39 is 29.0 Å². The summed E-state index contributed by atoms with van der Waals surface area (Å²) in [5.41, 5.74) is 0.821. The molecule has 3 aromatic carbocycles. The molecule has 0 aliphatic rings. The summed E-state index contributed by atoms with van der Waals surface area (Å²) in [6, 6.07) is 20.2. The Balaban J connectivity index is 1.77. The fourth-order valence-electron chi connectivity index (χ4n) is 2.85. The zero-order chi connectivity index (χ0) is 23.3. The summed E-state index contributed by atoms with van der Waals surface area (Å²) >= 11 is 0. The van der Waals surface area contributed by atoms with Gasteiger partial charge in [-0.2, -0.15) is 23.7 Å². The van der Waals surface area contributed by atoms with Gasteiger partial charge in [-0.15, -0.1) is 0 Å². The number of amides is 1. The third-order valence-corrected chi connectivity index (χ3v) is 4.55. The van der Waals surface area contributed by atoms with Crippen molar-refractivity contribution >= 4 is 17.4 Å². The molecule has 0 spiro atoms. The van der Waals surface area contributed by atoms with Crippen LogP contribution >= 0.6 is 0 Å². The van der Waals surface area contributed by atoms with E-state index in [1.807, 2.05) is 6.07 Å². The van der Waals surface area contributed by atoms with Gasteiger partial charge < -0.3 is 10.4 Å². The standard InChI is InChI=1S/C24H14F3N3O2/c25-24(26,27)19-9-5-16(6-10-19)17-7-11-20(12-8-17)30-23(32)21(14-29)22(31)18-3-1-15(13-28)2-4-18/h1-12,31H,(H,30,32). The van der Waals surface area contributed by atoms with Crippen LogP contribution in [0.3, 0.4) is 0 Å². The highest BCUT2D eigenvalue weighted by atomic mass is 19.4. The molecule has 5 nitrogen and oxygen atoms in total. The van der Waals surface area contributed by atoms with Crippen LogP contribution in [0.15, 0.2) is 78.4 Å². The number of nitrogens with one attached hydrogen (secondary N) is 1. The summed E-state index contributed by atoms with van der Waals surface area (Å²) in [5, 5.41) is 30.9. The van der Waals surface area contributed by atoms with Crippen LogP contribution < -0.4 is 5.32 Å². The van der Waals surface area contributed by atoms with Gasteiger partial charge in [0.15, 0.2) is 5.57 Å². The maximum absolute atomic E-state index is 12.7. The molecule has 1 amide bonds. The van der Waals surface area contributed by atoms with Gasteiger partial charge in [-0.05, 0) is 59.7 Å². The van der Waals surface area contributed by atoms with E-state index in [0.29, 0.717) is 22.4 Å². The molecule has 0 unspecified atom stereocenters. The van der Waals surface area contributed by atoms with Crippen LogP contribution in [0.5, 0.6) is 0 Å². The van der Waals surface area contributed by atoms with Crippen LogP contribution in [-0.2, 0) is 11.0 Å². The molecular formula is C24H14F3N3O2. The zero-order valence-electron chi connectivity index (χ0n) is 16.3. The van der Waals surface area contributed by atoms with E-state index in [1.54, 1.807) is 18.2 Å². The lowest BCUT2D eigenvalue weighted by Crippen LogP contribution is -2.15. The minimum atomic E-state index is -4.41. The van der Waals surface area contributed by atoms with Gasteiger partial charge in [0.05, 0.1) is 17.2 Å². The van der Waals surface area contributed by atoms with Crippen molar-refractivity contribution in [3.05, 3.63) is 95.1 Å². The van der Waals surface area contributed by atoms with Crippen molar-refractivity contribution in [2.24, 2.45) is 0 Å². The highest BCUT2D eigenvalue weighted by molar-refractivity contribution is 6.11. The van der Waals surface area contributed by atoms with Crippen molar-refractivity contribution in [2.45, 2.75) is 6.18 Å². The molecule has 3 rings (SSSR count). The van der Waals surface area contributed by atoms with Crippen molar-refractivity contribution in [1.82, 2.24) is 0 Å². The van der Waals surface area contributed by atoms with Gasteiger partial charge in [-0.3, -0.25) is 4.79 Å². The highest BCUT2D eigenvalue weighted by Gasteiger charge is 2.29. The number of hydrogen-bond donors (Lipinski definition) is 2. The number of aliphatic hydroxyl groups excluding tert-OH is 1. The highest BCUT2D eigenvalue weighted by Crippen LogP contribution is 2.31. The van der Waals surface area contributed by atoms with E-state index >= 15 is 0 Å². The minimum Gasteiger partial charge on any atom is -0.506 e. The Hall–Kier alpha value is -4.56. The predicted molar refractivity (Wildman–Crippen MR) is 112 cm³/mol. The van der Waals surface area contributed by atoms with Gasteiger partial charge in [0, 0.05) is 11.3 Å². The average molecular weight is 433 g/mol. The van der Waals surface area contributed by atoms with Crippen molar-refractivity contribution < 1.29 is 23.1 Å². The van der Waals surface area contributed by atoms with Crippen LogP contribution in [-0.4, -0.2) is 11.0 Å². The van der Waals surface area contributed by atoms with Crippen LogP contribution in [0.4, 0.5) is 18.9 Å². The Morgan fingerprint density at radius 2 is 1.38 bits per heavy atom. The lowest BCUT2D eigenvalue weighted by molar-refractivity contribution is -0.137. The molecule has 0 bridgehead atoms. The molecule has 32 heavy (non-hydrogen) atoms. The summed E-state index contributed by atoms with van der Waals surface area (Å²) in [6.07, 6.45) is -4.41. The molecule has 0 aliphatic heterocycles. The van der Waals surface area contributed by atoms with Crippen LogP contribution in [0.1, 0.15) is 16.7 Å². The van der Waals surface area contributed by atoms with Crippen LogP contribution in [0.2, 0.25) is 0 Å². The quantitative estimate of drug-likeness (QED) is 0.314. The maximum atomic E-state index is 12.7. The topological polar surface area (TPSA) is 96.9 Å². The van der Waals surface area contributed by atoms with E-state index in [9.17, 15) is 28.3 Å². The summed E-state index contributed by atoms with van der Waals surface area (Å²) in [6.45, 7) is 0. The number of aliphatic hydroxyl groups is 1. The molecule has 0 aromatic heterocycles. The number of hydrogen-bond acceptors (Lipinski definition) is 4. The van der Waals surface area contributed by atoms with Gasteiger partial charge in [0.1, 0.15) is 11.8 Å². The van der Waals surface area contributed by atoms with Gasteiger partial charge in [-0.25, -0.2) is 0 Å². The molecule has 0 atom stereocenters. The molecule has 0 saturated carbocycles. The Morgan fingerprint density at radius 1 is 0.844 bits per heavy atom. The Morgan fingerprint density at radius 3 is 1.84 bits per heavy atom. The first kappa shape index (κ1) is 22.1. The molecule has 0 fully saturated rings. The molecule has 0 aliphatic carbocycles. The summed E-state index contributed by atoms with van der Waals surface area (Å²) in [7, 11) is 0. The minimum absolute atomic E-state index is 0.202. The molecule has 8 heteroatoms. The fraction of sp³-hybridized carbons (Fsp3) is 0.0417. The third kappa shape index (κ3) is 4.94. The maximum Gasteiger partial charge on any atom is 0.416 e. The number of halogens is 3. The first-order chi connectivity index (χ1) is 15.2. The number of alkyl halides is 3. The fourth-order valence-corrected chi connectivity index (χ4v) is 2.85. The SMILES string of the molecule is N#CC(C(=O)Nc1ccc(-c2ccc(C(F)(F)F)cc2)cc1)=C(O)c1ccc(C#N)cc1. The first-order valence-corrected chi connectivity index (χ1v) is 9.16. The summed E-state index contributed by atoms with van der Waals surface area (Å²) in [4.78, 5) is 12.5. The predicted octanol–water partition coefficient (Wildman–Crippen LogP) is 5.68. The number of nitriles is 2. The number of nitrogens with zero attached hydrogens (tertiary/aromatic N) is 2. The number of carbonyl (C=O) groups is 1. The number of rotatable bonds is 4. The average Bonchev–Trinajstić information content (AvgIpc) is 2.79. The molecule has 0 heterocycles. The van der Waals surface area contributed by atoms with Gasteiger partial charge in [0.25, 0.3) is 5.91 Å². The number of benzene rings is 3. The van der Waals surface area contributed by atoms with E-state index in [2.05, 4.69) is 5.32 Å². The Kier molecular flexibility index (Phi) is 6.27. The zero-order valence-corrected chi connectivity index (χ0v) is 16.3. The van der Waals surface area contributed by atoms with Crippen molar-refractivity contribution in [2.75, 3.05) is 5.32 Å². The van der Waals surface area contributed by atoms with E-state index in [0.717, 1.165) is 12.1 Å². The van der Waals surface area contributed by atoms with E-state index in [-0.39, 0.29) is 5.56 Å². The molecule has 158 valence electrons. The van der Waals surface area contributed by atoms with Crippen LogP contribution in [0.25, 0.3) is 16.9 Å². The number of anilines is 1. The van der Waals surface area contributed by atoms with Crippen molar-refractivity contribution in [3.8, 4) is 23.3 Å². The monoisotopic (exact) mass is 433 g/mol. The second-order valence-corrected chi connectivity index (χ2v) is 6.63. The second kappa shape index (κ2) is 9.07. The summed E-state index contributed by atoms with van der Waals surface area (Å²) < 4.78 is 38.1. The van der Waals surface area contributed by atoms with Gasteiger partial charge in [-0.1, -0.05) is 24.3 Å². The van der Waals surface area contributed by atoms with Crippen LogP contribution in [0, 0.1) is 22.7 Å². The lowest BCUT2D eigenvalue weighted by atomic mass is 10.0. The second-order valence-electron chi connectivity index (χ2n) is 6.63. The molecule has 3 aromatic rings. The molecule has 0 radical (unpaired) electrons. The van der Waals surface area contributed by atoms with E-state index in [1.165, 1.54) is 48.5 Å². The van der Waals surface area contributed by atoms with E-state index in [4.69, 9.17) is 5.26 Å². The van der Waals surface area contributed by atoms with Crippen molar-refractivity contribution in [1.29, 1.82) is 10.5 Å². The molecular weight excluding hydrogens is 419 g/mol. The smallest absolute Gasteiger partial charge is 0.416 e. The lowest BCUT2D eigenvalue weighted by Gasteiger charge is -2.09. The largest absolute Gasteiger partial charge is 0.506 e. The van der Waals surface area contributed by atoms with Gasteiger partial charge >= 0.3 is 6.18 Å². The first-order valence-electron chi connectivity index (χ1n) is 9.16. The molecule has 0 saturated heterocycles. The van der Waals surface area contributed by atoms with Crippen molar-refractivity contribution in [3.63, 3.8) is 0 Å². The Labute approximate surface area is 181 Å².